The molecular weight excluding hydrogens is 333 g/mol. The van der Waals surface area contributed by atoms with Crippen LogP contribution in [-0.2, 0) is 11.2 Å². The smallest absolute Gasteiger partial charge is 0.240 e. The molecule has 0 spiro atoms. The third kappa shape index (κ3) is 4.11. The van der Waals surface area contributed by atoms with Crippen LogP contribution in [0.4, 0.5) is 5.69 Å². The first-order valence-electron chi connectivity index (χ1n) is 8.02. The Bertz CT molecular complexity index is 532. The van der Waals surface area contributed by atoms with E-state index in [4.69, 9.17) is 5.73 Å². The molecule has 23 heavy (non-hydrogen) atoms. The van der Waals surface area contributed by atoms with Crippen molar-refractivity contribution in [3.63, 3.8) is 0 Å². The summed E-state index contributed by atoms with van der Waals surface area (Å²) in [4.78, 5) is 14.7. The van der Waals surface area contributed by atoms with Gasteiger partial charge in [0.25, 0.3) is 0 Å². The summed E-state index contributed by atoms with van der Waals surface area (Å²) < 4.78 is 0. The van der Waals surface area contributed by atoms with Gasteiger partial charge < -0.3 is 16.0 Å². The molecular formula is C17H27Cl2N3O. The Balaban J connectivity index is 0.00000132. The van der Waals surface area contributed by atoms with Crippen molar-refractivity contribution < 1.29 is 4.79 Å². The van der Waals surface area contributed by atoms with Crippen LogP contribution in [0.2, 0.25) is 0 Å². The van der Waals surface area contributed by atoms with Crippen LogP contribution in [0.15, 0.2) is 24.3 Å². The Labute approximate surface area is 151 Å². The monoisotopic (exact) mass is 359 g/mol. The van der Waals surface area contributed by atoms with Gasteiger partial charge in [0.15, 0.2) is 0 Å². The Morgan fingerprint density at radius 2 is 1.96 bits per heavy atom. The van der Waals surface area contributed by atoms with E-state index in [0.717, 1.165) is 38.6 Å². The number of rotatable bonds is 4. The fourth-order valence-electron chi connectivity index (χ4n) is 3.58. The lowest BCUT2D eigenvalue weighted by Gasteiger charge is -2.29. The number of hydrogen-bond acceptors (Lipinski definition) is 3. The zero-order chi connectivity index (χ0) is 14.9. The summed E-state index contributed by atoms with van der Waals surface area (Å²) in [6.45, 7) is 3.86. The zero-order valence-electron chi connectivity index (χ0n) is 13.6. The maximum atomic E-state index is 12.3. The Morgan fingerprint density at radius 3 is 2.65 bits per heavy atom. The van der Waals surface area contributed by atoms with Crippen molar-refractivity contribution in [2.24, 2.45) is 5.73 Å². The normalized spacial score (nSPS) is 19.3. The topological polar surface area (TPSA) is 58.4 Å². The minimum atomic E-state index is -0.622. The minimum absolute atomic E-state index is 0. The Kier molecular flexibility index (Phi) is 7.18. The fraction of sp³-hybridized carbons (Fsp3) is 0.588. The molecule has 1 aliphatic carbocycles. The largest absolute Gasteiger partial charge is 0.366 e. The molecule has 1 unspecified atom stereocenters. The van der Waals surface area contributed by atoms with E-state index >= 15 is 0 Å². The van der Waals surface area contributed by atoms with Crippen LogP contribution in [-0.4, -0.2) is 30.6 Å². The van der Waals surface area contributed by atoms with Crippen molar-refractivity contribution in [3.8, 4) is 0 Å². The second-order valence-corrected chi connectivity index (χ2v) is 6.49. The molecule has 1 aromatic rings. The molecule has 1 heterocycles. The van der Waals surface area contributed by atoms with E-state index in [1.54, 1.807) is 0 Å². The molecule has 0 saturated heterocycles. The van der Waals surface area contributed by atoms with Crippen molar-refractivity contribution in [2.45, 2.75) is 50.6 Å². The van der Waals surface area contributed by atoms with Gasteiger partial charge in [-0.1, -0.05) is 31.0 Å². The summed E-state index contributed by atoms with van der Waals surface area (Å²) in [7, 11) is 0. The van der Waals surface area contributed by atoms with Crippen LogP contribution in [0.3, 0.4) is 0 Å². The number of amides is 1. The number of anilines is 1. The van der Waals surface area contributed by atoms with E-state index in [1.165, 1.54) is 11.3 Å². The predicted molar refractivity (Wildman–Crippen MR) is 99.8 cm³/mol. The molecule has 1 amide bonds. The van der Waals surface area contributed by atoms with Gasteiger partial charge in [-0.2, -0.15) is 0 Å². The van der Waals surface area contributed by atoms with Gasteiger partial charge in [0.2, 0.25) is 5.91 Å². The molecule has 1 atom stereocenters. The molecule has 1 aromatic carbocycles. The van der Waals surface area contributed by atoms with Crippen molar-refractivity contribution in [2.75, 3.05) is 18.0 Å². The third-order valence-electron chi connectivity index (χ3n) is 4.96. The van der Waals surface area contributed by atoms with Gasteiger partial charge in [-0.05, 0) is 37.8 Å². The highest BCUT2D eigenvalue weighted by Gasteiger charge is 2.37. The first-order valence-corrected chi connectivity index (χ1v) is 8.02. The van der Waals surface area contributed by atoms with E-state index in [-0.39, 0.29) is 30.7 Å². The van der Waals surface area contributed by atoms with Gasteiger partial charge in [0, 0.05) is 24.8 Å². The Hall–Kier alpha value is -0.970. The second-order valence-electron chi connectivity index (χ2n) is 6.49. The standard InChI is InChI=1S/C17H25N3O.2ClH/c1-13(12-19-16(21)17(18)9-4-5-10-17)20-11-8-14-6-2-3-7-15(14)20;;/h2-3,6-7,13H,4-5,8-12,18H2,1H3,(H,19,21);2*1H. The molecule has 0 bridgehead atoms. The molecule has 0 radical (unpaired) electrons. The summed E-state index contributed by atoms with van der Waals surface area (Å²) >= 11 is 0. The van der Waals surface area contributed by atoms with Crippen molar-refractivity contribution in [1.29, 1.82) is 0 Å². The van der Waals surface area contributed by atoms with Crippen LogP contribution >= 0.6 is 24.8 Å². The lowest BCUT2D eigenvalue weighted by atomic mass is 9.98. The number of carbonyl (C=O) groups is 1. The fourth-order valence-corrected chi connectivity index (χ4v) is 3.58. The van der Waals surface area contributed by atoms with Crippen molar-refractivity contribution >= 4 is 36.4 Å². The molecule has 3 N–H and O–H groups in total. The van der Waals surface area contributed by atoms with E-state index in [1.807, 2.05) is 0 Å². The van der Waals surface area contributed by atoms with Gasteiger partial charge in [-0.3, -0.25) is 4.79 Å². The number of fused-ring (bicyclic) bond motifs is 1. The van der Waals surface area contributed by atoms with Crippen LogP contribution in [0.25, 0.3) is 0 Å². The maximum absolute atomic E-state index is 12.3. The average Bonchev–Trinajstić information content (AvgIpc) is 3.11. The summed E-state index contributed by atoms with van der Waals surface area (Å²) in [6.07, 6.45) is 4.87. The zero-order valence-corrected chi connectivity index (χ0v) is 15.2. The van der Waals surface area contributed by atoms with E-state index in [9.17, 15) is 4.79 Å². The number of para-hydroxylation sites is 1. The van der Waals surface area contributed by atoms with Crippen LogP contribution in [0.5, 0.6) is 0 Å². The quantitative estimate of drug-likeness (QED) is 0.868. The average molecular weight is 360 g/mol. The van der Waals surface area contributed by atoms with Gasteiger partial charge in [0.1, 0.15) is 0 Å². The molecule has 130 valence electrons. The highest BCUT2D eigenvalue weighted by atomic mass is 35.5. The highest BCUT2D eigenvalue weighted by molar-refractivity contribution is 5.86. The summed E-state index contributed by atoms with van der Waals surface area (Å²) in [5.41, 5.74) is 8.28. The predicted octanol–water partition coefficient (Wildman–Crippen LogP) is 2.67. The number of hydrogen-bond donors (Lipinski definition) is 2. The van der Waals surface area contributed by atoms with Gasteiger partial charge in [-0.25, -0.2) is 0 Å². The molecule has 2 aliphatic rings. The van der Waals surface area contributed by atoms with Crippen LogP contribution < -0.4 is 16.0 Å². The number of nitrogens with one attached hydrogen (secondary N) is 1. The molecule has 3 rings (SSSR count). The lowest BCUT2D eigenvalue weighted by molar-refractivity contribution is -0.126. The van der Waals surface area contributed by atoms with E-state index in [2.05, 4.69) is 41.4 Å². The minimum Gasteiger partial charge on any atom is -0.366 e. The number of nitrogens with two attached hydrogens (primary N) is 1. The first kappa shape index (κ1) is 20.1. The summed E-state index contributed by atoms with van der Waals surface area (Å²) in [5, 5.41) is 3.07. The van der Waals surface area contributed by atoms with Crippen molar-refractivity contribution in [3.05, 3.63) is 29.8 Å². The third-order valence-corrected chi connectivity index (χ3v) is 4.96. The van der Waals surface area contributed by atoms with E-state index < -0.39 is 5.54 Å². The number of halogens is 2. The number of carbonyl (C=O) groups excluding carboxylic acids is 1. The van der Waals surface area contributed by atoms with Gasteiger partial charge in [0.05, 0.1) is 5.54 Å². The summed E-state index contributed by atoms with van der Waals surface area (Å²) in [5.74, 6) is 0.0272. The van der Waals surface area contributed by atoms with Crippen molar-refractivity contribution in [1.82, 2.24) is 5.32 Å². The molecule has 4 nitrogen and oxygen atoms in total. The van der Waals surface area contributed by atoms with E-state index in [0.29, 0.717) is 12.6 Å². The molecule has 1 fully saturated rings. The van der Waals surface area contributed by atoms with Gasteiger partial charge >= 0.3 is 0 Å². The maximum Gasteiger partial charge on any atom is 0.240 e. The second kappa shape index (κ2) is 8.22. The van der Waals surface area contributed by atoms with Gasteiger partial charge in [-0.15, -0.1) is 24.8 Å². The highest BCUT2D eigenvalue weighted by Crippen LogP contribution is 2.29. The molecule has 0 aromatic heterocycles. The molecule has 1 aliphatic heterocycles. The van der Waals surface area contributed by atoms with Crippen LogP contribution in [0, 0.1) is 0 Å². The number of nitrogens with zero attached hydrogens (tertiary/aromatic N) is 1. The molecule has 6 heteroatoms. The Morgan fingerprint density at radius 1 is 1.30 bits per heavy atom. The van der Waals surface area contributed by atoms with Crippen LogP contribution in [0.1, 0.15) is 38.2 Å². The summed E-state index contributed by atoms with van der Waals surface area (Å²) in [6, 6.07) is 8.82. The SMILES string of the molecule is CC(CNC(=O)C1(N)CCCC1)N1CCc2ccccc21.Cl.Cl. The first-order chi connectivity index (χ1) is 10.1. The number of benzene rings is 1. The lowest BCUT2D eigenvalue weighted by Crippen LogP contribution is -2.54. The molecule has 1 saturated carbocycles.